The van der Waals surface area contributed by atoms with E-state index in [-0.39, 0.29) is 30.9 Å². The molecular formula is C50H43IrN5S-2. The van der Waals surface area contributed by atoms with Crippen LogP contribution in [-0.4, -0.2) is 24.5 Å². The van der Waals surface area contributed by atoms with Crippen LogP contribution < -0.4 is 0 Å². The van der Waals surface area contributed by atoms with Crippen LogP contribution >= 0.6 is 11.3 Å². The third-order valence-electron chi connectivity index (χ3n) is 9.69. The van der Waals surface area contributed by atoms with Crippen LogP contribution in [0.3, 0.4) is 0 Å². The third kappa shape index (κ3) is 8.29. The summed E-state index contributed by atoms with van der Waals surface area (Å²) in [6.07, 6.45) is 3.76. The molecule has 0 aliphatic carbocycles. The van der Waals surface area contributed by atoms with Crippen LogP contribution in [0.1, 0.15) is 52.1 Å². The van der Waals surface area contributed by atoms with Gasteiger partial charge in [0, 0.05) is 54.6 Å². The molecule has 0 saturated carbocycles. The molecule has 0 aliphatic rings. The molecule has 4 aromatic heterocycles. The summed E-state index contributed by atoms with van der Waals surface area (Å²) in [5.41, 5.74) is 12.4. The van der Waals surface area contributed by atoms with Crippen molar-refractivity contribution in [3.63, 3.8) is 0 Å². The van der Waals surface area contributed by atoms with Crippen LogP contribution in [0.4, 0.5) is 0 Å². The van der Waals surface area contributed by atoms with Gasteiger partial charge in [-0.05, 0) is 44.6 Å². The maximum atomic E-state index is 5.14. The second-order valence-corrected chi connectivity index (χ2v) is 16.9. The molecule has 0 atom stereocenters. The maximum absolute atomic E-state index is 5.14. The molecule has 0 spiro atoms. The Morgan fingerprint density at radius 2 is 1.28 bits per heavy atom. The topological polar surface area (TPSA) is 56.5 Å². The van der Waals surface area contributed by atoms with Crippen molar-refractivity contribution < 1.29 is 20.1 Å². The van der Waals surface area contributed by atoms with Crippen molar-refractivity contribution in [2.75, 3.05) is 0 Å². The number of para-hydroxylation sites is 1. The summed E-state index contributed by atoms with van der Waals surface area (Å²) in [7, 11) is 0. The molecule has 0 unspecified atom stereocenters. The van der Waals surface area contributed by atoms with Crippen molar-refractivity contribution in [2.24, 2.45) is 0 Å². The van der Waals surface area contributed by atoms with Crippen LogP contribution in [0.5, 0.6) is 0 Å². The molecule has 0 saturated heterocycles. The van der Waals surface area contributed by atoms with E-state index in [1.807, 2.05) is 42.6 Å². The average Bonchev–Trinajstić information content (AvgIpc) is 3.85. The number of pyridine rings is 2. The van der Waals surface area contributed by atoms with Crippen LogP contribution in [0.15, 0.2) is 152 Å². The standard InChI is InChI=1S/C35H27N4S.C15H16N.Ir/c1-35(2,3)34-37-30-27(19-11-21-29(30)40-34)33-38-32-28(20-12-22-36-32)39(33)31-25(23-13-6-4-7-14-23)17-10-18-26(31)24-15-8-5-9-16-24;1-15(2,3)13-9-10-14(16-11-13)12-7-5-4-6-8-12;/h4-18,20-22H,1-3H3;4-7,9-11H,1-3H3;/q2*-1;. The van der Waals surface area contributed by atoms with Gasteiger partial charge >= 0.3 is 0 Å². The van der Waals surface area contributed by atoms with E-state index >= 15 is 0 Å². The normalized spacial score (nSPS) is 11.5. The molecule has 5 aromatic carbocycles. The Kier molecular flexibility index (Phi) is 11.5. The summed E-state index contributed by atoms with van der Waals surface area (Å²) in [5, 5.41) is 1.10. The minimum Gasteiger partial charge on any atom is -0.331 e. The molecular weight excluding hydrogens is 895 g/mol. The zero-order valence-corrected chi connectivity index (χ0v) is 36.1. The number of hydrogen-bond donors (Lipinski definition) is 0. The van der Waals surface area contributed by atoms with Gasteiger partial charge in [0.15, 0.2) is 5.65 Å². The Hall–Kier alpha value is -5.59. The zero-order valence-electron chi connectivity index (χ0n) is 32.9. The van der Waals surface area contributed by atoms with E-state index in [4.69, 9.17) is 9.97 Å². The summed E-state index contributed by atoms with van der Waals surface area (Å²) in [6, 6.07) is 54.6. The first kappa shape index (κ1) is 39.6. The number of imidazole rings is 1. The van der Waals surface area contributed by atoms with Gasteiger partial charge in [-0.2, -0.15) is 0 Å². The number of aromatic nitrogens is 5. The first-order chi connectivity index (χ1) is 27.1. The maximum Gasteiger partial charge on any atom is 0.168 e. The molecule has 9 aromatic rings. The first-order valence-corrected chi connectivity index (χ1v) is 19.7. The van der Waals surface area contributed by atoms with Gasteiger partial charge in [0.25, 0.3) is 0 Å². The van der Waals surface area contributed by atoms with E-state index < -0.39 is 0 Å². The molecule has 7 heteroatoms. The molecule has 0 bridgehead atoms. The van der Waals surface area contributed by atoms with Gasteiger partial charge in [0.05, 0.1) is 22.0 Å². The Morgan fingerprint density at radius 3 is 1.88 bits per heavy atom. The van der Waals surface area contributed by atoms with Gasteiger partial charge < -0.3 is 9.55 Å². The van der Waals surface area contributed by atoms with Gasteiger partial charge in [-0.3, -0.25) is 9.97 Å². The molecule has 0 aliphatic heterocycles. The number of rotatable bonds is 5. The molecule has 0 amide bonds. The summed E-state index contributed by atoms with van der Waals surface area (Å²) in [4.78, 5) is 19.4. The second-order valence-electron chi connectivity index (χ2n) is 15.8. The second kappa shape index (κ2) is 16.5. The van der Waals surface area contributed by atoms with Crippen molar-refractivity contribution in [2.45, 2.75) is 52.4 Å². The number of benzene rings is 5. The minimum atomic E-state index is -0.0525. The Labute approximate surface area is 352 Å². The van der Waals surface area contributed by atoms with Gasteiger partial charge in [0.1, 0.15) is 0 Å². The van der Waals surface area contributed by atoms with E-state index in [0.29, 0.717) is 5.65 Å². The fourth-order valence-corrected chi connectivity index (χ4v) is 7.76. The van der Waals surface area contributed by atoms with Crippen molar-refractivity contribution >= 4 is 32.7 Å². The predicted octanol–water partition coefficient (Wildman–Crippen LogP) is 13.0. The van der Waals surface area contributed by atoms with Gasteiger partial charge in [0.2, 0.25) is 0 Å². The largest absolute Gasteiger partial charge is 0.331 e. The molecule has 5 nitrogen and oxygen atoms in total. The number of fused-ring (bicyclic) bond motifs is 2. The van der Waals surface area contributed by atoms with E-state index in [1.54, 1.807) is 17.5 Å². The van der Waals surface area contributed by atoms with Crippen LogP contribution in [0.2, 0.25) is 0 Å². The minimum absolute atomic E-state index is 0. The van der Waals surface area contributed by atoms with Crippen molar-refractivity contribution in [3.8, 4) is 50.6 Å². The number of thiazole rings is 1. The number of hydrogen-bond acceptors (Lipinski definition) is 5. The molecule has 285 valence electrons. The van der Waals surface area contributed by atoms with E-state index in [2.05, 4.69) is 171 Å². The first-order valence-electron chi connectivity index (χ1n) is 18.9. The summed E-state index contributed by atoms with van der Waals surface area (Å²) < 4.78 is 3.39. The molecule has 57 heavy (non-hydrogen) atoms. The smallest absolute Gasteiger partial charge is 0.168 e. The van der Waals surface area contributed by atoms with E-state index in [0.717, 1.165) is 71.3 Å². The zero-order chi connectivity index (χ0) is 38.9. The summed E-state index contributed by atoms with van der Waals surface area (Å²) >= 11 is 1.74. The molecule has 4 heterocycles. The van der Waals surface area contributed by atoms with Crippen molar-refractivity contribution in [1.82, 2.24) is 24.5 Å². The monoisotopic (exact) mass is 938 g/mol. The summed E-state index contributed by atoms with van der Waals surface area (Å²) in [6.45, 7) is 13.2. The van der Waals surface area contributed by atoms with Crippen LogP contribution in [-0.2, 0) is 30.9 Å². The van der Waals surface area contributed by atoms with E-state index in [1.165, 1.54) is 5.56 Å². The quantitative estimate of drug-likeness (QED) is 0.161. The SMILES string of the molecule is CC(C)(C)c1ccc(-c2[c-]cccc2)nc1.CC(C)(C)c1nc2c(-c3nc4ncccc4n3-c3c(-c4ccccc4)cccc3-c3ccccc3)[c-]ccc2s1.[Ir]. The van der Waals surface area contributed by atoms with Crippen LogP contribution in [0.25, 0.3) is 72.0 Å². The fourth-order valence-electron chi connectivity index (χ4n) is 6.73. The molecule has 9 rings (SSSR count). The average molecular weight is 938 g/mol. The third-order valence-corrected chi connectivity index (χ3v) is 11.1. The van der Waals surface area contributed by atoms with Crippen LogP contribution in [0, 0.1) is 12.1 Å². The molecule has 0 fully saturated rings. The predicted molar refractivity (Wildman–Crippen MR) is 233 cm³/mol. The Balaban J connectivity index is 0.000000246. The van der Waals surface area contributed by atoms with Crippen molar-refractivity contribution in [3.05, 3.63) is 175 Å². The molecule has 1 radical (unpaired) electrons. The number of nitrogens with zero attached hydrogens (tertiary/aromatic N) is 5. The van der Waals surface area contributed by atoms with Gasteiger partial charge in [-0.15, -0.1) is 65.4 Å². The Bertz CT molecular complexity index is 2690. The van der Waals surface area contributed by atoms with E-state index in [9.17, 15) is 0 Å². The van der Waals surface area contributed by atoms with Crippen molar-refractivity contribution in [1.29, 1.82) is 0 Å². The van der Waals surface area contributed by atoms with Gasteiger partial charge in [-0.1, -0.05) is 138 Å². The fraction of sp³-hybridized carbons (Fsp3) is 0.160. The Morgan fingerprint density at radius 1 is 0.596 bits per heavy atom. The summed E-state index contributed by atoms with van der Waals surface area (Å²) in [5.74, 6) is 0.783. The van der Waals surface area contributed by atoms with Gasteiger partial charge in [-0.25, -0.2) is 4.98 Å². The molecule has 0 N–H and O–H groups in total.